The maximum absolute atomic E-state index is 12.8. The molecule has 0 radical (unpaired) electrons. The zero-order valence-electron chi connectivity index (χ0n) is 15.7. The highest BCUT2D eigenvalue weighted by molar-refractivity contribution is 5.75. The second kappa shape index (κ2) is 7.18. The quantitative estimate of drug-likeness (QED) is 0.574. The Kier molecular flexibility index (Phi) is 5.09. The Morgan fingerprint density at radius 1 is 0.926 bits per heavy atom. The molecule has 3 aromatic rings. The van der Waals surface area contributed by atoms with Gasteiger partial charge in [-0.15, -0.1) is 0 Å². The number of aromatic nitrogens is 3. The third-order valence-electron chi connectivity index (χ3n) is 4.57. The summed E-state index contributed by atoms with van der Waals surface area (Å²) < 4.78 is 38.5. The Morgan fingerprint density at radius 2 is 1.56 bits per heavy atom. The summed E-state index contributed by atoms with van der Waals surface area (Å²) in [5, 5.41) is 5.82. The molecule has 1 N–H and O–H groups in total. The van der Waals surface area contributed by atoms with Crippen LogP contribution in [0, 0.1) is 0 Å². The third kappa shape index (κ3) is 3.89. The fourth-order valence-corrected chi connectivity index (χ4v) is 3.22. The predicted molar refractivity (Wildman–Crippen MR) is 100 cm³/mol. The van der Waals surface area contributed by atoms with Gasteiger partial charge in [0.1, 0.15) is 0 Å². The van der Waals surface area contributed by atoms with Gasteiger partial charge in [-0.25, -0.2) is 0 Å². The second-order valence-corrected chi connectivity index (χ2v) is 7.22. The van der Waals surface area contributed by atoms with Gasteiger partial charge < -0.3 is 0 Å². The first-order chi connectivity index (χ1) is 12.7. The zero-order valence-corrected chi connectivity index (χ0v) is 15.7. The van der Waals surface area contributed by atoms with Gasteiger partial charge in [0.05, 0.1) is 11.4 Å². The van der Waals surface area contributed by atoms with E-state index < -0.39 is 11.9 Å². The predicted octanol–water partition coefficient (Wildman–Crippen LogP) is 6.40. The van der Waals surface area contributed by atoms with Crippen LogP contribution >= 0.6 is 0 Å². The first-order valence-electron chi connectivity index (χ1n) is 8.90. The molecule has 0 aliphatic rings. The number of benzene rings is 1. The average Bonchev–Trinajstić information content (AvgIpc) is 3.11. The smallest absolute Gasteiger partial charge is 0.276 e. The molecule has 2 aromatic heterocycles. The molecule has 3 nitrogen and oxygen atoms in total. The standard InChI is InChI=1S/C21H22F3N3/c1-12(2)15-6-5-7-16(13(3)4)20(15)14-8-9-25-17(10-14)18-11-19(27-26-18)21(22,23)24/h5-13H,1-4H3,(H,26,27). The lowest BCUT2D eigenvalue weighted by atomic mass is 9.85. The van der Waals surface area contributed by atoms with Crippen molar-refractivity contribution < 1.29 is 13.2 Å². The highest BCUT2D eigenvalue weighted by Crippen LogP contribution is 2.37. The lowest BCUT2D eigenvalue weighted by Gasteiger charge is -2.20. The number of halogens is 3. The van der Waals surface area contributed by atoms with Gasteiger partial charge in [-0.2, -0.15) is 18.3 Å². The summed E-state index contributed by atoms with van der Waals surface area (Å²) in [5.41, 5.74) is 4.21. The van der Waals surface area contributed by atoms with Crippen molar-refractivity contribution in [2.45, 2.75) is 45.7 Å². The SMILES string of the molecule is CC(C)c1cccc(C(C)C)c1-c1ccnc(-c2cc(C(F)(F)F)n[nH]2)c1. The van der Waals surface area contributed by atoms with Crippen molar-refractivity contribution in [3.63, 3.8) is 0 Å². The zero-order chi connectivity index (χ0) is 19.8. The van der Waals surface area contributed by atoms with Crippen molar-refractivity contribution in [2.24, 2.45) is 0 Å². The van der Waals surface area contributed by atoms with Crippen LogP contribution in [-0.4, -0.2) is 15.2 Å². The summed E-state index contributed by atoms with van der Waals surface area (Å²) in [6.45, 7) is 8.54. The third-order valence-corrected chi connectivity index (χ3v) is 4.57. The molecule has 0 unspecified atom stereocenters. The molecule has 1 aromatic carbocycles. The van der Waals surface area contributed by atoms with E-state index in [9.17, 15) is 13.2 Å². The van der Waals surface area contributed by atoms with Crippen molar-refractivity contribution >= 4 is 0 Å². The van der Waals surface area contributed by atoms with Crippen molar-refractivity contribution in [1.29, 1.82) is 0 Å². The summed E-state index contributed by atoms with van der Waals surface area (Å²) in [6, 6.07) is 11.0. The molecule has 6 heteroatoms. The van der Waals surface area contributed by atoms with Crippen LogP contribution in [0.3, 0.4) is 0 Å². The highest BCUT2D eigenvalue weighted by atomic mass is 19.4. The van der Waals surface area contributed by atoms with E-state index in [4.69, 9.17) is 0 Å². The van der Waals surface area contributed by atoms with Crippen molar-refractivity contribution in [3.8, 4) is 22.5 Å². The maximum Gasteiger partial charge on any atom is 0.435 e. The molecule has 0 saturated heterocycles. The Balaban J connectivity index is 2.13. The van der Waals surface area contributed by atoms with Crippen LogP contribution in [0.2, 0.25) is 0 Å². The van der Waals surface area contributed by atoms with E-state index in [0.29, 0.717) is 17.5 Å². The second-order valence-electron chi connectivity index (χ2n) is 7.22. The summed E-state index contributed by atoms with van der Waals surface area (Å²) in [7, 11) is 0. The van der Waals surface area contributed by atoms with E-state index in [1.165, 1.54) is 11.1 Å². The van der Waals surface area contributed by atoms with E-state index >= 15 is 0 Å². The number of H-pyrrole nitrogens is 1. The van der Waals surface area contributed by atoms with Gasteiger partial charge in [-0.3, -0.25) is 10.1 Å². The number of nitrogens with zero attached hydrogens (tertiary/aromatic N) is 2. The van der Waals surface area contributed by atoms with Gasteiger partial charge >= 0.3 is 6.18 Å². The number of hydrogen-bond acceptors (Lipinski definition) is 2. The molecule has 0 aliphatic carbocycles. The van der Waals surface area contributed by atoms with Crippen LogP contribution < -0.4 is 0 Å². The molecule has 0 bridgehead atoms. The minimum absolute atomic E-state index is 0.248. The van der Waals surface area contributed by atoms with Gasteiger partial charge in [0, 0.05) is 6.20 Å². The monoisotopic (exact) mass is 373 g/mol. The molecule has 0 spiro atoms. The first-order valence-corrected chi connectivity index (χ1v) is 8.90. The van der Waals surface area contributed by atoms with Crippen molar-refractivity contribution in [2.75, 3.05) is 0 Å². The van der Waals surface area contributed by atoms with Crippen molar-refractivity contribution in [1.82, 2.24) is 15.2 Å². The molecule has 142 valence electrons. The maximum atomic E-state index is 12.8. The number of pyridine rings is 1. The molecular formula is C21H22F3N3. The lowest BCUT2D eigenvalue weighted by Crippen LogP contribution is -2.04. The minimum Gasteiger partial charge on any atom is -0.276 e. The molecule has 2 heterocycles. The first kappa shape index (κ1) is 19.1. The normalized spacial score (nSPS) is 12.2. The van der Waals surface area contributed by atoms with Crippen LogP contribution in [0.5, 0.6) is 0 Å². The van der Waals surface area contributed by atoms with Crippen LogP contribution in [0.25, 0.3) is 22.5 Å². The lowest BCUT2D eigenvalue weighted by molar-refractivity contribution is -0.141. The molecular weight excluding hydrogens is 351 g/mol. The van der Waals surface area contributed by atoms with Gasteiger partial charge in [-0.05, 0) is 52.3 Å². The molecule has 0 saturated carbocycles. The van der Waals surface area contributed by atoms with Gasteiger partial charge in [0.2, 0.25) is 0 Å². The van der Waals surface area contributed by atoms with Crippen LogP contribution in [0.1, 0.15) is 56.4 Å². The number of alkyl halides is 3. The van der Waals surface area contributed by atoms with E-state index in [2.05, 4.69) is 61.1 Å². The van der Waals surface area contributed by atoms with Crippen LogP contribution in [0.4, 0.5) is 13.2 Å². The molecule has 0 aliphatic heterocycles. The number of hydrogen-bond donors (Lipinski definition) is 1. The fraction of sp³-hybridized carbons (Fsp3) is 0.333. The molecule has 3 rings (SSSR count). The van der Waals surface area contributed by atoms with E-state index in [1.54, 1.807) is 6.20 Å². The van der Waals surface area contributed by atoms with Gasteiger partial charge in [-0.1, -0.05) is 45.9 Å². The summed E-state index contributed by atoms with van der Waals surface area (Å²) in [4.78, 5) is 4.24. The van der Waals surface area contributed by atoms with E-state index in [1.807, 2.05) is 12.1 Å². The average molecular weight is 373 g/mol. The largest absolute Gasteiger partial charge is 0.435 e. The van der Waals surface area contributed by atoms with Gasteiger partial charge in [0.25, 0.3) is 0 Å². The summed E-state index contributed by atoms with van der Waals surface area (Å²) in [5.74, 6) is 0.638. The summed E-state index contributed by atoms with van der Waals surface area (Å²) in [6.07, 6.45) is -2.86. The molecule has 27 heavy (non-hydrogen) atoms. The van der Waals surface area contributed by atoms with Crippen LogP contribution in [0.15, 0.2) is 42.6 Å². The number of aromatic amines is 1. The van der Waals surface area contributed by atoms with Gasteiger partial charge in [0.15, 0.2) is 5.69 Å². The molecule has 0 amide bonds. The Morgan fingerprint density at radius 3 is 2.07 bits per heavy atom. The molecule has 0 fully saturated rings. The Labute approximate surface area is 156 Å². The number of rotatable bonds is 4. The Bertz CT molecular complexity index is 914. The van der Waals surface area contributed by atoms with Crippen LogP contribution in [-0.2, 0) is 6.18 Å². The topological polar surface area (TPSA) is 41.6 Å². The number of nitrogens with one attached hydrogen (secondary N) is 1. The minimum atomic E-state index is -4.48. The van der Waals surface area contributed by atoms with E-state index in [-0.39, 0.29) is 5.69 Å². The van der Waals surface area contributed by atoms with Crippen molar-refractivity contribution in [3.05, 3.63) is 59.4 Å². The van der Waals surface area contributed by atoms with E-state index in [0.717, 1.165) is 17.2 Å². The Hall–Kier alpha value is -2.63. The molecule has 0 atom stereocenters. The highest BCUT2D eigenvalue weighted by Gasteiger charge is 2.34. The summed E-state index contributed by atoms with van der Waals surface area (Å²) >= 11 is 0. The fourth-order valence-electron chi connectivity index (χ4n) is 3.22.